The van der Waals surface area contributed by atoms with Gasteiger partial charge in [0.1, 0.15) is 0 Å². The first-order valence-corrected chi connectivity index (χ1v) is 9.02. The van der Waals surface area contributed by atoms with E-state index in [1.165, 1.54) is 6.42 Å². The van der Waals surface area contributed by atoms with Crippen molar-refractivity contribution in [2.24, 2.45) is 11.8 Å². The first-order chi connectivity index (χ1) is 11.0. The van der Waals surface area contributed by atoms with Crippen molar-refractivity contribution in [3.05, 3.63) is 28.8 Å². The van der Waals surface area contributed by atoms with Gasteiger partial charge in [-0.2, -0.15) is 0 Å². The van der Waals surface area contributed by atoms with E-state index in [1.807, 2.05) is 0 Å². The zero-order valence-corrected chi connectivity index (χ0v) is 14.8. The molecule has 1 atom stereocenters. The zero-order chi connectivity index (χ0) is 16.8. The average Bonchev–Trinajstić information content (AvgIpc) is 2.56. The molecule has 2 rings (SSSR count). The number of Topliss-reactive ketones (excluding diaryl/α,β-unsaturated/α-hetero) is 1. The van der Waals surface area contributed by atoms with Gasteiger partial charge < -0.3 is 5.32 Å². The Morgan fingerprint density at radius 2 is 1.96 bits per heavy atom. The number of amides is 1. The standard InChI is InChI=1S/C19H26ClNO2/c1-3-13(2)11-18(22)21-17-10-9-15(20)12-16(17)19(23)14-7-5-4-6-8-14/h9-10,12-14H,3-8,11H2,1-2H3,(H,21,22). The number of ketones is 1. The van der Waals surface area contributed by atoms with Gasteiger partial charge in [-0.15, -0.1) is 0 Å². The van der Waals surface area contributed by atoms with E-state index in [4.69, 9.17) is 11.6 Å². The number of benzene rings is 1. The smallest absolute Gasteiger partial charge is 0.224 e. The molecule has 126 valence electrons. The van der Waals surface area contributed by atoms with Crippen LogP contribution in [0.4, 0.5) is 5.69 Å². The van der Waals surface area contributed by atoms with Crippen molar-refractivity contribution >= 4 is 29.0 Å². The largest absolute Gasteiger partial charge is 0.325 e. The number of carbonyl (C=O) groups is 2. The molecule has 1 fully saturated rings. The molecule has 0 radical (unpaired) electrons. The Balaban J connectivity index is 2.16. The quantitative estimate of drug-likeness (QED) is 0.700. The molecule has 1 aliphatic rings. The number of rotatable bonds is 6. The van der Waals surface area contributed by atoms with Crippen molar-refractivity contribution in [2.75, 3.05) is 5.32 Å². The van der Waals surface area contributed by atoms with Crippen LogP contribution in [0.3, 0.4) is 0 Å². The summed E-state index contributed by atoms with van der Waals surface area (Å²) in [5, 5.41) is 3.44. The van der Waals surface area contributed by atoms with Crippen LogP contribution in [0.1, 0.15) is 69.2 Å². The minimum absolute atomic E-state index is 0.0423. The Bertz CT molecular complexity index is 564. The van der Waals surface area contributed by atoms with Crippen LogP contribution in [0, 0.1) is 11.8 Å². The molecule has 1 aromatic rings. The Morgan fingerprint density at radius 1 is 1.26 bits per heavy atom. The van der Waals surface area contributed by atoms with Gasteiger partial charge >= 0.3 is 0 Å². The summed E-state index contributed by atoms with van der Waals surface area (Å²) in [6.07, 6.45) is 6.71. The van der Waals surface area contributed by atoms with E-state index in [-0.39, 0.29) is 17.6 Å². The average molecular weight is 336 g/mol. The highest BCUT2D eigenvalue weighted by Crippen LogP contribution is 2.31. The van der Waals surface area contributed by atoms with Crippen LogP contribution in [-0.2, 0) is 4.79 Å². The molecule has 23 heavy (non-hydrogen) atoms. The molecule has 1 amide bonds. The lowest BCUT2D eigenvalue weighted by Gasteiger charge is -2.22. The lowest BCUT2D eigenvalue weighted by molar-refractivity contribution is -0.117. The van der Waals surface area contributed by atoms with E-state index in [2.05, 4.69) is 19.2 Å². The van der Waals surface area contributed by atoms with E-state index < -0.39 is 0 Å². The highest BCUT2D eigenvalue weighted by Gasteiger charge is 2.25. The number of nitrogens with one attached hydrogen (secondary N) is 1. The van der Waals surface area contributed by atoms with Gasteiger partial charge in [0, 0.05) is 22.9 Å². The lowest BCUT2D eigenvalue weighted by atomic mass is 9.83. The summed E-state index contributed by atoms with van der Waals surface area (Å²) in [6, 6.07) is 5.16. The van der Waals surface area contributed by atoms with Crippen molar-refractivity contribution in [1.29, 1.82) is 0 Å². The third-order valence-electron chi connectivity index (χ3n) is 4.73. The fourth-order valence-corrected chi connectivity index (χ4v) is 3.25. The molecule has 0 heterocycles. The molecule has 0 aliphatic heterocycles. The molecule has 0 bridgehead atoms. The van der Waals surface area contributed by atoms with Crippen LogP contribution in [0.2, 0.25) is 5.02 Å². The van der Waals surface area contributed by atoms with Gasteiger partial charge in [0.25, 0.3) is 0 Å². The first-order valence-electron chi connectivity index (χ1n) is 8.64. The first kappa shape index (κ1) is 18.0. The monoisotopic (exact) mass is 335 g/mol. The Morgan fingerprint density at radius 3 is 2.61 bits per heavy atom. The molecule has 3 nitrogen and oxygen atoms in total. The van der Waals surface area contributed by atoms with E-state index in [0.717, 1.165) is 32.1 Å². The summed E-state index contributed by atoms with van der Waals surface area (Å²) in [6.45, 7) is 4.12. The third kappa shape index (κ3) is 5.07. The van der Waals surface area contributed by atoms with Crippen LogP contribution < -0.4 is 5.32 Å². The van der Waals surface area contributed by atoms with Crippen LogP contribution in [0.15, 0.2) is 18.2 Å². The number of anilines is 1. The predicted molar refractivity (Wildman–Crippen MR) is 95.1 cm³/mol. The van der Waals surface area contributed by atoms with Crippen molar-refractivity contribution in [3.63, 3.8) is 0 Å². The lowest BCUT2D eigenvalue weighted by Crippen LogP contribution is -2.21. The molecule has 1 aromatic carbocycles. The second-order valence-electron chi connectivity index (χ2n) is 6.65. The van der Waals surface area contributed by atoms with E-state index in [9.17, 15) is 9.59 Å². The maximum atomic E-state index is 12.8. The summed E-state index contributed by atoms with van der Waals surface area (Å²) in [4.78, 5) is 25.0. The second kappa shape index (κ2) is 8.49. The molecule has 0 aromatic heterocycles. The highest BCUT2D eigenvalue weighted by atomic mass is 35.5. The van der Waals surface area contributed by atoms with Gasteiger partial charge in [-0.25, -0.2) is 0 Å². The molecule has 1 saturated carbocycles. The van der Waals surface area contributed by atoms with Crippen LogP contribution in [0.25, 0.3) is 0 Å². The molecular formula is C19H26ClNO2. The maximum absolute atomic E-state index is 12.8. The van der Waals surface area contributed by atoms with Gasteiger partial charge in [-0.05, 0) is 37.0 Å². The van der Waals surface area contributed by atoms with Gasteiger partial charge in [0.05, 0.1) is 5.69 Å². The summed E-state index contributed by atoms with van der Waals surface area (Å²) in [5.74, 6) is 0.470. The van der Waals surface area contributed by atoms with Crippen molar-refractivity contribution in [1.82, 2.24) is 0 Å². The van der Waals surface area contributed by atoms with E-state index >= 15 is 0 Å². The summed E-state index contributed by atoms with van der Waals surface area (Å²) < 4.78 is 0. The molecule has 4 heteroatoms. The van der Waals surface area contributed by atoms with E-state index in [1.54, 1.807) is 18.2 Å². The number of carbonyl (C=O) groups excluding carboxylic acids is 2. The second-order valence-corrected chi connectivity index (χ2v) is 7.09. The van der Waals surface area contributed by atoms with E-state index in [0.29, 0.717) is 28.6 Å². The summed E-state index contributed by atoms with van der Waals surface area (Å²) in [7, 11) is 0. The molecule has 0 spiro atoms. The fourth-order valence-electron chi connectivity index (χ4n) is 3.08. The minimum Gasteiger partial charge on any atom is -0.325 e. The molecule has 1 N–H and O–H groups in total. The zero-order valence-electron chi connectivity index (χ0n) is 14.0. The maximum Gasteiger partial charge on any atom is 0.224 e. The fraction of sp³-hybridized carbons (Fsp3) is 0.579. The van der Waals surface area contributed by atoms with Gasteiger partial charge in [0.15, 0.2) is 5.78 Å². The Kier molecular flexibility index (Phi) is 6.64. The molecule has 0 saturated heterocycles. The topological polar surface area (TPSA) is 46.2 Å². The van der Waals surface area contributed by atoms with Crippen molar-refractivity contribution in [3.8, 4) is 0 Å². The Hall–Kier alpha value is -1.35. The SMILES string of the molecule is CCC(C)CC(=O)Nc1ccc(Cl)cc1C(=O)C1CCCCC1. The highest BCUT2D eigenvalue weighted by molar-refractivity contribution is 6.31. The molecule has 1 unspecified atom stereocenters. The summed E-state index contributed by atoms with van der Waals surface area (Å²) in [5.41, 5.74) is 1.15. The van der Waals surface area contributed by atoms with Crippen LogP contribution in [-0.4, -0.2) is 11.7 Å². The molecule has 1 aliphatic carbocycles. The van der Waals surface area contributed by atoms with Gasteiger partial charge in [0.2, 0.25) is 5.91 Å². The van der Waals surface area contributed by atoms with Crippen molar-refractivity contribution in [2.45, 2.75) is 58.8 Å². The third-order valence-corrected chi connectivity index (χ3v) is 4.96. The molecular weight excluding hydrogens is 310 g/mol. The van der Waals surface area contributed by atoms with Crippen molar-refractivity contribution < 1.29 is 9.59 Å². The minimum atomic E-state index is -0.0423. The Labute approximate surface area is 143 Å². The summed E-state index contributed by atoms with van der Waals surface area (Å²) >= 11 is 6.08. The van der Waals surface area contributed by atoms with Gasteiger partial charge in [-0.1, -0.05) is 51.1 Å². The number of hydrogen-bond acceptors (Lipinski definition) is 2. The number of hydrogen-bond donors (Lipinski definition) is 1. The number of halogens is 1. The normalized spacial score (nSPS) is 16.8. The van der Waals surface area contributed by atoms with Gasteiger partial charge in [-0.3, -0.25) is 9.59 Å². The van der Waals surface area contributed by atoms with Crippen LogP contribution in [0.5, 0.6) is 0 Å². The van der Waals surface area contributed by atoms with Crippen LogP contribution >= 0.6 is 11.6 Å². The predicted octanol–water partition coefficient (Wildman–Crippen LogP) is 5.48.